The first-order valence-corrected chi connectivity index (χ1v) is 8.14. The Morgan fingerprint density at radius 2 is 1.80 bits per heavy atom. The molecule has 0 aliphatic carbocycles. The first kappa shape index (κ1) is 15.3. The molecule has 1 aliphatic heterocycles. The molecule has 0 atom stereocenters. The number of para-hydroxylation sites is 2. The minimum absolute atomic E-state index is 0.0455. The zero-order valence-corrected chi connectivity index (χ0v) is 13.6. The number of hydrogen-bond donors (Lipinski definition) is 0. The van der Waals surface area contributed by atoms with Gasteiger partial charge in [0.2, 0.25) is 17.7 Å². The largest absolute Gasteiger partial charge is 0.437 e. The molecule has 7 nitrogen and oxygen atoms in total. The highest BCUT2D eigenvalue weighted by Crippen LogP contribution is 2.16. The Balaban J connectivity index is 1.37. The number of hydrogen-bond acceptors (Lipinski definition) is 6. The zero-order valence-electron chi connectivity index (χ0n) is 13.6. The third-order valence-electron chi connectivity index (χ3n) is 4.11. The normalized spacial score (nSPS) is 15.2. The van der Waals surface area contributed by atoms with Crippen LogP contribution < -0.4 is 4.90 Å². The number of nitrogens with zero attached hydrogens (tertiary/aromatic N) is 5. The summed E-state index contributed by atoms with van der Waals surface area (Å²) < 4.78 is 5.59. The lowest BCUT2D eigenvalue weighted by molar-refractivity contribution is -0.126. The van der Waals surface area contributed by atoms with Gasteiger partial charge in [-0.15, -0.1) is 0 Å². The van der Waals surface area contributed by atoms with Crippen LogP contribution in [0, 0.1) is 0 Å². The molecule has 0 unspecified atom stereocenters. The Morgan fingerprint density at radius 1 is 1.04 bits per heavy atom. The highest BCUT2D eigenvalue weighted by atomic mass is 16.3. The zero-order chi connectivity index (χ0) is 17.1. The van der Waals surface area contributed by atoms with Gasteiger partial charge in [0, 0.05) is 50.7 Å². The van der Waals surface area contributed by atoms with Crippen LogP contribution in [0.25, 0.3) is 17.2 Å². The fraction of sp³-hybridized carbons (Fsp3) is 0.222. The molecule has 1 aliphatic rings. The van der Waals surface area contributed by atoms with Crippen LogP contribution in [0.2, 0.25) is 0 Å². The van der Waals surface area contributed by atoms with Crippen molar-refractivity contribution in [3.63, 3.8) is 0 Å². The van der Waals surface area contributed by atoms with Gasteiger partial charge in [-0.3, -0.25) is 4.79 Å². The summed E-state index contributed by atoms with van der Waals surface area (Å²) in [5.74, 6) is 1.10. The predicted molar refractivity (Wildman–Crippen MR) is 93.9 cm³/mol. The summed E-state index contributed by atoms with van der Waals surface area (Å²) in [5.41, 5.74) is 1.50. The lowest BCUT2D eigenvalue weighted by atomic mass is 10.3. The van der Waals surface area contributed by atoms with E-state index in [9.17, 15) is 4.79 Å². The molecule has 1 saturated heterocycles. The minimum atomic E-state index is -0.0455. The summed E-state index contributed by atoms with van der Waals surface area (Å²) >= 11 is 0. The number of piperazine rings is 1. The summed E-state index contributed by atoms with van der Waals surface area (Å²) in [6.07, 6.45) is 6.58. The summed E-state index contributed by atoms with van der Waals surface area (Å²) in [5, 5.41) is 0. The van der Waals surface area contributed by atoms with Crippen LogP contribution in [0.1, 0.15) is 5.89 Å². The van der Waals surface area contributed by atoms with Gasteiger partial charge in [-0.05, 0) is 18.2 Å². The SMILES string of the molecule is O=C(C=Cc1nc2ccccc2o1)N1CCN(c2ncccn2)CC1. The average molecular weight is 335 g/mol. The number of carbonyl (C=O) groups is 1. The molecular formula is C18H17N5O2. The quantitative estimate of drug-likeness (QED) is 0.681. The molecule has 7 heteroatoms. The lowest BCUT2D eigenvalue weighted by Gasteiger charge is -2.34. The maximum atomic E-state index is 12.3. The molecule has 126 valence electrons. The van der Waals surface area contributed by atoms with Gasteiger partial charge >= 0.3 is 0 Å². The summed E-state index contributed by atoms with van der Waals surface area (Å²) in [6, 6.07) is 9.32. The second kappa shape index (κ2) is 6.72. The number of benzene rings is 1. The van der Waals surface area contributed by atoms with Crippen molar-refractivity contribution in [3.05, 3.63) is 54.7 Å². The predicted octanol–water partition coefficient (Wildman–Crippen LogP) is 1.98. The Hall–Kier alpha value is -3.22. The van der Waals surface area contributed by atoms with Crippen LogP contribution in [0.15, 0.2) is 53.2 Å². The van der Waals surface area contributed by atoms with Gasteiger partial charge in [-0.2, -0.15) is 0 Å². The summed E-state index contributed by atoms with van der Waals surface area (Å²) in [4.78, 5) is 29.1. The summed E-state index contributed by atoms with van der Waals surface area (Å²) in [6.45, 7) is 2.70. The minimum Gasteiger partial charge on any atom is -0.437 e. The van der Waals surface area contributed by atoms with Gasteiger partial charge in [-0.1, -0.05) is 12.1 Å². The van der Waals surface area contributed by atoms with Crippen molar-refractivity contribution >= 4 is 29.0 Å². The fourth-order valence-corrected chi connectivity index (χ4v) is 2.79. The van der Waals surface area contributed by atoms with E-state index in [4.69, 9.17) is 4.42 Å². The number of oxazole rings is 1. The van der Waals surface area contributed by atoms with E-state index in [1.54, 1.807) is 29.4 Å². The Morgan fingerprint density at radius 3 is 2.56 bits per heavy atom. The second-order valence-corrected chi connectivity index (χ2v) is 5.71. The Labute approximate surface area is 144 Å². The molecule has 0 saturated carbocycles. The van der Waals surface area contributed by atoms with Crippen LogP contribution in [-0.2, 0) is 4.79 Å². The average Bonchev–Trinajstić information content (AvgIpc) is 3.10. The van der Waals surface area contributed by atoms with E-state index in [-0.39, 0.29) is 5.91 Å². The third-order valence-corrected chi connectivity index (χ3v) is 4.11. The van der Waals surface area contributed by atoms with Crippen LogP contribution in [-0.4, -0.2) is 51.9 Å². The van der Waals surface area contributed by atoms with Crippen LogP contribution in [0.3, 0.4) is 0 Å². The first-order chi connectivity index (χ1) is 12.3. The maximum absolute atomic E-state index is 12.3. The van der Waals surface area contributed by atoms with E-state index in [2.05, 4.69) is 19.9 Å². The molecule has 0 bridgehead atoms. The standard InChI is InChI=1S/C18H17N5O2/c24-17(7-6-16-21-14-4-1-2-5-15(14)25-16)22-10-12-23(13-11-22)18-19-8-3-9-20-18/h1-9H,10-13H2. The van der Waals surface area contributed by atoms with E-state index < -0.39 is 0 Å². The topological polar surface area (TPSA) is 75.4 Å². The summed E-state index contributed by atoms with van der Waals surface area (Å²) in [7, 11) is 0. The van der Waals surface area contributed by atoms with Crippen LogP contribution in [0.4, 0.5) is 5.95 Å². The number of aromatic nitrogens is 3. The molecular weight excluding hydrogens is 318 g/mol. The molecule has 25 heavy (non-hydrogen) atoms. The number of rotatable bonds is 3. The molecule has 3 heterocycles. The smallest absolute Gasteiger partial charge is 0.246 e. The molecule has 0 radical (unpaired) electrons. The van der Waals surface area contributed by atoms with Crippen molar-refractivity contribution in [2.75, 3.05) is 31.1 Å². The second-order valence-electron chi connectivity index (χ2n) is 5.71. The van der Waals surface area contributed by atoms with Gasteiger partial charge in [0.15, 0.2) is 5.58 Å². The van der Waals surface area contributed by atoms with Gasteiger partial charge in [0.25, 0.3) is 0 Å². The van der Waals surface area contributed by atoms with Gasteiger partial charge in [0.05, 0.1) is 0 Å². The van der Waals surface area contributed by atoms with Crippen LogP contribution in [0.5, 0.6) is 0 Å². The number of amides is 1. The number of anilines is 1. The fourth-order valence-electron chi connectivity index (χ4n) is 2.79. The maximum Gasteiger partial charge on any atom is 0.246 e. The van der Waals surface area contributed by atoms with E-state index in [1.807, 2.05) is 24.3 Å². The van der Waals surface area contributed by atoms with Crippen molar-refractivity contribution in [2.45, 2.75) is 0 Å². The van der Waals surface area contributed by atoms with Gasteiger partial charge in [-0.25, -0.2) is 15.0 Å². The molecule has 1 aromatic carbocycles. The third kappa shape index (κ3) is 3.35. The van der Waals surface area contributed by atoms with Gasteiger partial charge in [0.1, 0.15) is 5.52 Å². The number of carbonyl (C=O) groups excluding carboxylic acids is 1. The molecule has 1 fully saturated rings. The van der Waals surface area contributed by atoms with Gasteiger partial charge < -0.3 is 14.2 Å². The molecule has 2 aromatic heterocycles. The van der Waals surface area contributed by atoms with Crippen LogP contribution >= 0.6 is 0 Å². The van der Waals surface area contributed by atoms with Crippen molar-refractivity contribution in [1.82, 2.24) is 19.9 Å². The van der Waals surface area contributed by atoms with E-state index in [0.29, 0.717) is 43.6 Å². The molecule has 4 rings (SSSR count). The Bertz CT molecular complexity index is 865. The van der Waals surface area contributed by atoms with Crippen molar-refractivity contribution < 1.29 is 9.21 Å². The van der Waals surface area contributed by atoms with E-state index in [0.717, 1.165) is 5.52 Å². The highest BCUT2D eigenvalue weighted by molar-refractivity contribution is 5.91. The Kier molecular flexibility index (Phi) is 4.12. The van der Waals surface area contributed by atoms with E-state index >= 15 is 0 Å². The van der Waals surface area contributed by atoms with Crippen molar-refractivity contribution in [1.29, 1.82) is 0 Å². The molecule has 3 aromatic rings. The molecule has 0 spiro atoms. The number of fused-ring (bicyclic) bond motifs is 1. The lowest BCUT2D eigenvalue weighted by Crippen LogP contribution is -2.48. The molecule has 1 amide bonds. The highest BCUT2D eigenvalue weighted by Gasteiger charge is 2.21. The monoisotopic (exact) mass is 335 g/mol. The first-order valence-electron chi connectivity index (χ1n) is 8.14. The molecule has 0 N–H and O–H groups in total. The van der Waals surface area contributed by atoms with E-state index in [1.165, 1.54) is 6.08 Å². The van der Waals surface area contributed by atoms with Crippen molar-refractivity contribution in [3.8, 4) is 0 Å². The van der Waals surface area contributed by atoms with Crippen molar-refractivity contribution in [2.24, 2.45) is 0 Å².